The van der Waals surface area contributed by atoms with Crippen LogP contribution in [0.15, 0.2) is 36.7 Å². The van der Waals surface area contributed by atoms with Crippen molar-refractivity contribution >= 4 is 11.7 Å². The molecule has 1 aliphatic rings. The number of anilines is 1. The van der Waals surface area contributed by atoms with E-state index in [1.807, 2.05) is 45.0 Å². The molecular weight excluding hydrogens is 292 g/mol. The van der Waals surface area contributed by atoms with Crippen molar-refractivity contribution in [3.8, 4) is 0 Å². The SMILES string of the molecule is CC(C)(C)n1cc(NC(=O)N[C@@H]2c3ccccc3C[C@@H]2O)cn1. The van der Waals surface area contributed by atoms with Gasteiger partial charge in [0.2, 0.25) is 0 Å². The number of nitrogens with one attached hydrogen (secondary N) is 2. The first-order valence-corrected chi connectivity index (χ1v) is 7.73. The monoisotopic (exact) mass is 314 g/mol. The van der Waals surface area contributed by atoms with Gasteiger partial charge in [0, 0.05) is 12.6 Å². The molecule has 0 saturated heterocycles. The zero-order valence-electron chi connectivity index (χ0n) is 13.6. The number of carbonyl (C=O) groups excluding carboxylic acids is 1. The number of carbonyl (C=O) groups is 1. The average molecular weight is 314 g/mol. The molecule has 1 aliphatic carbocycles. The second kappa shape index (κ2) is 5.70. The van der Waals surface area contributed by atoms with Crippen LogP contribution in [0.25, 0.3) is 0 Å². The molecule has 0 fully saturated rings. The molecule has 2 atom stereocenters. The summed E-state index contributed by atoms with van der Waals surface area (Å²) in [5, 5.41) is 20.0. The van der Waals surface area contributed by atoms with E-state index in [4.69, 9.17) is 0 Å². The van der Waals surface area contributed by atoms with E-state index in [2.05, 4.69) is 15.7 Å². The quantitative estimate of drug-likeness (QED) is 0.796. The molecule has 0 spiro atoms. The summed E-state index contributed by atoms with van der Waals surface area (Å²) in [6.07, 6.45) is 3.36. The van der Waals surface area contributed by atoms with Gasteiger partial charge in [-0.3, -0.25) is 4.68 Å². The molecule has 0 unspecified atom stereocenters. The number of hydrogen-bond donors (Lipinski definition) is 3. The summed E-state index contributed by atoms with van der Waals surface area (Å²) in [5.74, 6) is 0. The van der Waals surface area contributed by atoms with Crippen LogP contribution < -0.4 is 10.6 Å². The largest absolute Gasteiger partial charge is 0.390 e. The first-order valence-electron chi connectivity index (χ1n) is 7.73. The van der Waals surface area contributed by atoms with E-state index in [0.717, 1.165) is 11.1 Å². The molecule has 1 aromatic heterocycles. The number of aliphatic hydroxyl groups excluding tert-OH is 1. The molecule has 0 radical (unpaired) electrons. The molecule has 2 amide bonds. The third-order valence-corrected chi connectivity index (χ3v) is 4.02. The maximum absolute atomic E-state index is 12.2. The van der Waals surface area contributed by atoms with Gasteiger partial charge in [-0.2, -0.15) is 5.10 Å². The van der Waals surface area contributed by atoms with Crippen LogP contribution in [0.4, 0.5) is 10.5 Å². The van der Waals surface area contributed by atoms with Crippen molar-refractivity contribution < 1.29 is 9.90 Å². The molecule has 3 N–H and O–H groups in total. The summed E-state index contributed by atoms with van der Waals surface area (Å²) in [7, 11) is 0. The number of nitrogens with zero attached hydrogens (tertiary/aromatic N) is 2. The Morgan fingerprint density at radius 2 is 2.09 bits per heavy atom. The van der Waals surface area contributed by atoms with Gasteiger partial charge in [0.25, 0.3) is 0 Å². The number of fused-ring (bicyclic) bond motifs is 1. The van der Waals surface area contributed by atoms with Crippen LogP contribution in [0.2, 0.25) is 0 Å². The van der Waals surface area contributed by atoms with Crippen molar-refractivity contribution in [3.05, 3.63) is 47.8 Å². The first kappa shape index (κ1) is 15.6. The zero-order valence-corrected chi connectivity index (χ0v) is 13.6. The van der Waals surface area contributed by atoms with Gasteiger partial charge in [-0.25, -0.2) is 4.79 Å². The lowest BCUT2D eigenvalue weighted by Crippen LogP contribution is -2.36. The molecule has 122 valence electrons. The van der Waals surface area contributed by atoms with Crippen molar-refractivity contribution in [2.24, 2.45) is 0 Å². The van der Waals surface area contributed by atoms with Gasteiger partial charge < -0.3 is 15.7 Å². The van der Waals surface area contributed by atoms with Gasteiger partial charge in [0.1, 0.15) is 0 Å². The van der Waals surface area contributed by atoms with Crippen LogP contribution in [0, 0.1) is 0 Å². The Labute approximate surface area is 135 Å². The molecule has 0 bridgehead atoms. The van der Waals surface area contributed by atoms with E-state index in [9.17, 15) is 9.90 Å². The summed E-state index contributed by atoms with van der Waals surface area (Å²) < 4.78 is 1.79. The minimum Gasteiger partial charge on any atom is -0.390 e. The molecule has 1 heterocycles. The molecule has 2 aromatic rings. The van der Waals surface area contributed by atoms with Gasteiger partial charge in [-0.1, -0.05) is 24.3 Å². The number of amides is 2. The number of aromatic nitrogens is 2. The van der Waals surface area contributed by atoms with E-state index in [1.54, 1.807) is 17.1 Å². The highest BCUT2D eigenvalue weighted by molar-refractivity contribution is 5.89. The minimum absolute atomic E-state index is 0.142. The van der Waals surface area contributed by atoms with E-state index >= 15 is 0 Å². The first-order chi connectivity index (χ1) is 10.8. The maximum atomic E-state index is 12.2. The summed E-state index contributed by atoms with van der Waals surface area (Å²) >= 11 is 0. The predicted molar refractivity (Wildman–Crippen MR) is 88.3 cm³/mol. The Bertz CT molecular complexity index is 717. The molecule has 23 heavy (non-hydrogen) atoms. The van der Waals surface area contributed by atoms with Crippen LogP contribution in [0.3, 0.4) is 0 Å². The summed E-state index contributed by atoms with van der Waals surface area (Å²) in [6.45, 7) is 6.11. The highest BCUT2D eigenvalue weighted by Gasteiger charge is 2.31. The lowest BCUT2D eigenvalue weighted by Gasteiger charge is -2.19. The summed E-state index contributed by atoms with van der Waals surface area (Å²) in [6, 6.07) is 7.04. The van der Waals surface area contributed by atoms with Crippen molar-refractivity contribution in [2.75, 3.05) is 5.32 Å². The van der Waals surface area contributed by atoms with Crippen molar-refractivity contribution in [3.63, 3.8) is 0 Å². The number of urea groups is 1. The fourth-order valence-corrected chi connectivity index (χ4v) is 2.81. The van der Waals surface area contributed by atoms with Crippen molar-refractivity contribution in [1.82, 2.24) is 15.1 Å². The molecule has 0 saturated carbocycles. The third-order valence-electron chi connectivity index (χ3n) is 4.02. The average Bonchev–Trinajstić information content (AvgIpc) is 3.04. The molecule has 3 rings (SSSR count). The third kappa shape index (κ3) is 3.22. The van der Waals surface area contributed by atoms with Gasteiger partial charge in [-0.05, 0) is 31.9 Å². The van der Waals surface area contributed by atoms with Gasteiger partial charge >= 0.3 is 6.03 Å². The number of aliphatic hydroxyl groups is 1. The Morgan fingerprint density at radius 3 is 2.78 bits per heavy atom. The lowest BCUT2D eigenvalue weighted by atomic mass is 10.1. The summed E-state index contributed by atoms with van der Waals surface area (Å²) in [5.41, 5.74) is 2.53. The fraction of sp³-hybridized carbons (Fsp3) is 0.412. The predicted octanol–water partition coefficient (Wildman–Crippen LogP) is 2.42. The Hall–Kier alpha value is -2.34. The minimum atomic E-state index is -0.601. The second-order valence-electron chi connectivity index (χ2n) is 6.89. The molecular formula is C17H22N4O2. The highest BCUT2D eigenvalue weighted by Crippen LogP contribution is 2.31. The van der Waals surface area contributed by atoms with E-state index in [0.29, 0.717) is 12.1 Å². The topological polar surface area (TPSA) is 79.2 Å². The highest BCUT2D eigenvalue weighted by atomic mass is 16.3. The number of rotatable bonds is 2. The molecule has 1 aromatic carbocycles. The van der Waals surface area contributed by atoms with Crippen LogP contribution >= 0.6 is 0 Å². The van der Waals surface area contributed by atoms with Crippen LogP contribution in [0.1, 0.15) is 37.9 Å². The van der Waals surface area contributed by atoms with Crippen LogP contribution in [-0.2, 0) is 12.0 Å². The van der Waals surface area contributed by atoms with Gasteiger partial charge in [0.05, 0.1) is 29.6 Å². The van der Waals surface area contributed by atoms with Crippen molar-refractivity contribution in [1.29, 1.82) is 0 Å². The fourth-order valence-electron chi connectivity index (χ4n) is 2.81. The zero-order chi connectivity index (χ0) is 16.6. The van der Waals surface area contributed by atoms with Gasteiger partial charge in [-0.15, -0.1) is 0 Å². The lowest BCUT2D eigenvalue weighted by molar-refractivity contribution is 0.144. The van der Waals surface area contributed by atoms with Gasteiger partial charge in [0.15, 0.2) is 0 Å². The standard InChI is InChI=1S/C17H22N4O2/c1-17(2,3)21-10-12(9-18-21)19-16(23)20-15-13-7-5-4-6-11(13)8-14(15)22/h4-7,9-10,14-15,22H,8H2,1-3H3,(H2,19,20,23)/t14-,15+/m0/s1. The van der Waals surface area contributed by atoms with E-state index in [1.165, 1.54) is 0 Å². The summed E-state index contributed by atoms with van der Waals surface area (Å²) in [4.78, 5) is 12.2. The van der Waals surface area contributed by atoms with Crippen LogP contribution in [-0.4, -0.2) is 27.0 Å². The van der Waals surface area contributed by atoms with Crippen molar-refractivity contribution in [2.45, 2.75) is 44.9 Å². The Morgan fingerprint density at radius 1 is 1.35 bits per heavy atom. The van der Waals surface area contributed by atoms with E-state index < -0.39 is 6.10 Å². The number of benzene rings is 1. The molecule has 6 heteroatoms. The Kier molecular flexibility index (Phi) is 3.85. The maximum Gasteiger partial charge on any atom is 0.319 e. The molecule has 6 nitrogen and oxygen atoms in total. The van der Waals surface area contributed by atoms with Crippen LogP contribution in [0.5, 0.6) is 0 Å². The second-order valence-corrected chi connectivity index (χ2v) is 6.89. The normalized spacial score (nSPS) is 20.2. The van der Waals surface area contributed by atoms with E-state index in [-0.39, 0.29) is 17.6 Å². The Balaban J connectivity index is 1.67. The molecule has 0 aliphatic heterocycles. The smallest absolute Gasteiger partial charge is 0.319 e. The number of hydrogen-bond acceptors (Lipinski definition) is 3.